The average molecular weight is 285 g/mol. The Hall–Kier alpha value is -1.67. The van der Waals surface area contributed by atoms with Gasteiger partial charge in [-0.15, -0.1) is 0 Å². The second-order valence-corrected chi connectivity index (χ2v) is 4.49. The number of amides is 4. The molecule has 20 heavy (non-hydrogen) atoms. The number of hydrogen-bond donors (Lipinski definition) is 4. The highest BCUT2D eigenvalue weighted by atomic mass is 16.2. The number of hydrogen-bond acceptors (Lipinski definition) is 5. The minimum absolute atomic E-state index is 0.0284. The highest BCUT2D eigenvalue weighted by Crippen LogP contribution is 2.03. The van der Waals surface area contributed by atoms with Crippen molar-refractivity contribution in [2.75, 3.05) is 39.3 Å². The molecular weight excluding hydrogens is 262 g/mol. The van der Waals surface area contributed by atoms with Gasteiger partial charge in [-0.1, -0.05) is 0 Å². The van der Waals surface area contributed by atoms with Gasteiger partial charge in [0.1, 0.15) is 6.04 Å². The van der Waals surface area contributed by atoms with E-state index in [1.54, 1.807) is 11.8 Å². The van der Waals surface area contributed by atoms with E-state index in [9.17, 15) is 14.4 Å². The van der Waals surface area contributed by atoms with Crippen LogP contribution in [0.4, 0.5) is 4.79 Å². The molecule has 4 N–H and O–H groups in total. The van der Waals surface area contributed by atoms with E-state index in [1.807, 2.05) is 6.92 Å². The van der Waals surface area contributed by atoms with E-state index in [0.29, 0.717) is 32.7 Å². The van der Waals surface area contributed by atoms with Crippen molar-refractivity contribution >= 4 is 17.8 Å². The smallest absolute Gasteiger partial charge is 0.321 e. The predicted octanol–water partition coefficient (Wildman–Crippen LogP) is -1.76. The molecule has 1 rings (SSSR count). The molecule has 0 radical (unpaired) electrons. The van der Waals surface area contributed by atoms with Gasteiger partial charge in [0.05, 0.1) is 6.54 Å². The zero-order chi connectivity index (χ0) is 15.0. The van der Waals surface area contributed by atoms with Crippen LogP contribution in [0.3, 0.4) is 0 Å². The summed E-state index contributed by atoms with van der Waals surface area (Å²) in [6.45, 7) is 6.45. The van der Waals surface area contributed by atoms with Gasteiger partial charge < -0.3 is 16.0 Å². The molecular formula is C12H23N5O3. The molecule has 4 amide bonds. The zero-order valence-electron chi connectivity index (χ0n) is 12.0. The monoisotopic (exact) mass is 285 g/mol. The molecule has 1 aliphatic rings. The summed E-state index contributed by atoms with van der Waals surface area (Å²) in [5.41, 5.74) is 0. The lowest BCUT2D eigenvalue weighted by Gasteiger charge is -2.34. The first-order valence-corrected chi connectivity index (χ1v) is 6.88. The molecule has 114 valence electrons. The number of likely N-dealkylation sites (N-methyl/N-ethyl adjacent to an activating group) is 1. The van der Waals surface area contributed by atoms with Gasteiger partial charge in [-0.05, 0) is 13.8 Å². The van der Waals surface area contributed by atoms with Crippen molar-refractivity contribution in [3.63, 3.8) is 0 Å². The molecule has 1 atom stereocenters. The first kappa shape index (κ1) is 16.4. The first-order chi connectivity index (χ1) is 9.58. The lowest BCUT2D eigenvalue weighted by atomic mass is 10.1. The third kappa shape index (κ3) is 5.14. The fraction of sp³-hybridized carbons (Fsp3) is 0.750. The summed E-state index contributed by atoms with van der Waals surface area (Å²) in [6, 6.07) is -0.897. The number of urea groups is 1. The number of imide groups is 1. The number of rotatable bonds is 5. The van der Waals surface area contributed by atoms with E-state index in [-0.39, 0.29) is 18.5 Å². The molecule has 8 nitrogen and oxygen atoms in total. The van der Waals surface area contributed by atoms with Crippen LogP contribution in [0.15, 0.2) is 0 Å². The van der Waals surface area contributed by atoms with E-state index < -0.39 is 11.9 Å². The van der Waals surface area contributed by atoms with Crippen LogP contribution >= 0.6 is 0 Å². The Balaban J connectivity index is 2.51. The summed E-state index contributed by atoms with van der Waals surface area (Å²) in [6.07, 6.45) is 0. The third-order valence-corrected chi connectivity index (χ3v) is 2.94. The molecule has 0 aromatic carbocycles. The standard InChI is InChI=1S/C12H23N5O3/c1-3-14-11(19)9-7-13-5-6-17(9)8-10(18)16-12(20)15-4-2/h9,13H,3-8H2,1-2H3,(H,14,19)(H2,15,16,18,20). The van der Waals surface area contributed by atoms with Gasteiger partial charge in [-0.3, -0.25) is 19.8 Å². The van der Waals surface area contributed by atoms with Crippen molar-refractivity contribution in [3.05, 3.63) is 0 Å². The molecule has 0 aromatic heterocycles. The number of nitrogens with zero attached hydrogens (tertiary/aromatic N) is 1. The maximum Gasteiger partial charge on any atom is 0.321 e. The SMILES string of the molecule is CCNC(=O)NC(=O)CN1CCNCC1C(=O)NCC. The molecule has 1 saturated heterocycles. The van der Waals surface area contributed by atoms with Gasteiger partial charge in [0.25, 0.3) is 0 Å². The predicted molar refractivity (Wildman–Crippen MR) is 74.1 cm³/mol. The van der Waals surface area contributed by atoms with Crippen LogP contribution in [-0.2, 0) is 9.59 Å². The van der Waals surface area contributed by atoms with Gasteiger partial charge in [-0.25, -0.2) is 4.79 Å². The fourth-order valence-electron chi connectivity index (χ4n) is 2.04. The van der Waals surface area contributed by atoms with Gasteiger partial charge in [-0.2, -0.15) is 0 Å². The molecule has 1 heterocycles. The van der Waals surface area contributed by atoms with Crippen LogP contribution in [0.1, 0.15) is 13.8 Å². The molecule has 0 bridgehead atoms. The second-order valence-electron chi connectivity index (χ2n) is 4.49. The topological polar surface area (TPSA) is 103 Å². The first-order valence-electron chi connectivity index (χ1n) is 6.88. The molecule has 1 aliphatic heterocycles. The Morgan fingerprint density at radius 3 is 2.55 bits per heavy atom. The van der Waals surface area contributed by atoms with Crippen molar-refractivity contribution in [2.24, 2.45) is 0 Å². The minimum Gasteiger partial charge on any atom is -0.355 e. The van der Waals surface area contributed by atoms with E-state index >= 15 is 0 Å². The molecule has 1 fully saturated rings. The summed E-state index contributed by atoms with van der Waals surface area (Å²) in [5.74, 6) is -0.516. The fourth-order valence-corrected chi connectivity index (χ4v) is 2.04. The zero-order valence-corrected chi connectivity index (χ0v) is 12.0. The molecule has 0 aromatic rings. The quantitative estimate of drug-likeness (QED) is 0.479. The summed E-state index contributed by atoms with van der Waals surface area (Å²) < 4.78 is 0. The van der Waals surface area contributed by atoms with E-state index in [2.05, 4.69) is 21.3 Å². The van der Waals surface area contributed by atoms with Crippen LogP contribution < -0.4 is 21.3 Å². The van der Waals surface area contributed by atoms with Crippen LogP contribution in [0.5, 0.6) is 0 Å². The number of carbonyl (C=O) groups excluding carboxylic acids is 3. The second kappa shape index (κ2) is 8.49. The number of piperazine rings is 1. The maximum atomic E-state index is 11.9. The van der Waals surface area contributed by atoms with E-state index in [1.165, 1.54) is 0 Å². The van der Waals surface area contributed by atoms with Crippen LogP contribution in [0.2, 0.25) is 0 Å². The lowest BCUT2D eigenvalue weighted by molar-refractivity contribution is -0.129. The highest BCUT2D eigenvalue weighted by Gasteiger charge is 2.29. The Morgan fingerprint density at radius 2 is 1.90 bits per heavy atom. The van der Waals surface area contributed by atoms with Gasteiger partial charge in [0.15, 0.2) is 0 Å². The van der Waals surface area contributed by atoms with Gasteiger partial charge >= 0.3 is 6.03 Å². The lowest BCUT2D eigenvalue weighted by Crippen LogP contribution is -2.60. The van der Waals surface area contributed by atoms with Crippen molar-refractivity contribution in [1.29, 1.82) is 0 Å². The normalized spacial score (nSPS) is 19.2. The van der Waals surface area contributed by atoms with Gasteiger partial charge in [0.2, 0.25) is 11.8 Å². The molecule has 1 unspecified atom stereocenters. The van der Waals surface area contributed by atoms with Crippen LogP contribution in [0.25, 0.3) is 0 Å². The molecule has 0 saturated carbocycles. The van der Waals surface area contributed by atoms with E-state index in [4.69, 9.17) is 0 Å². The Bertz CT molecular complexity index is 361. The highest BCUT2D eigenvalue weighted by molar-refractivity contribution is 5.95. The molecule has 0 spiro atoms. The Labute approximate surface area is 118 Å². The third-order valence-electron chi connectivity index (χ3n) is 2.94. The summed E-state index contributed by atoms with van der Waals surface area (Å²) in [7, 11) is 0. The van der Waals surface area contributed by atoms with Crippen molar-refractivity contribution in [3.8, 4) is 0 Å². The van der Waals surface area contributed by atoms with Crippen molar-refractivity contribution in [1.82, 2.24) is 26.2 Å². The Kier molecular flexibility index (Phi) is 6.96. The van der Waals surface area contributed by atoms with Crippen molar-refractivity contribution < 1.29 is 14.4 Å². The van der Waals surface area contributed by atoms with Crippen LogP contribution in [-0.4, -0.2) is 68.1 Å². The largest absolute Gasteiger partial charge is 0.355 e. The summed E-state index contributed by atoms with van der Waals surface area (Å²) in [5, 5.41) is 10.6. The minimum atomic E-state index is -0.512. The number of nitrogens with one attached hydrogen (secondary N) is 4. The van der Waals surface area contributed by atoms with Crippen molar-refractivity contribution in [2.45, 2.75) is 19.9 Å². The van der Waals surface area contributed by atoms with E-state index in [0.717, 1.165) is 0 Å². The molecule has 8 heteroatoms. The summed E-state index contributed by atoms with van der Waals surface area (Å²) in [4.78, 5) is 36.7. The maximum absolute atomic E-state index is 11.9. The Morgan fingerprint density at radius 1 is 1.20 bits per heavy atom. The molecule has 0 aliphatic carbocycles. The average Bonchev–Trinajstić information content (AvgIpc) is 2.39. The van der Waals surface area contributed by atoms with Crippen LogP contribution in [0, 0.1) is 0 Å². The summed E-state index contributed by atoms with van der Waals surface area (Å²) >= 11 is 0. The number of carbonyl (C=O) groups is 3. The van der Waals surface area contributed by atoms with Gasteiger partial charge in [0, 0.05) is 32.7 Å².